The summed E-state index contributed by atoms with van der Waals surface area (Å²) in [5.41, 5.74) is 2.48. The van der Waals surface area contributed by atoms with Crippen LogP contribution in [0.2, 0.25) is 0 Å². The molecule has 0 spiro atoms. The van der Waals surface area contributed by atoms with Crippen LogP contribution in [0.15, 0.2) is 23.8 Å². The number of hydrogen-bond donors (Lipinski definition) is 1. The van der Waals surface area contributed by atoms with Gasteiger partial charge >= 0.3 is 0 Å². The van der Waals surface area contributed by atoms with Crippen molar-refractivity contribution in [2.45, 2.75) is 20.3 Å². The van der Waals surface area contributed by atoms with Crippen molar-refractivity contribution in [3.63, 3.8) is 0 Å². The maximum absolute atomic E-state index is 10.8. The Balaban J connectivity index is 2.96. The second-order valence-corrected chi connectivity index (χ2v) is 4.60. The maximum atomic E-state index is 10.8. The Morgan fingerprint density at radius 1 is 1.71 bits per heavy atom. The number of aldehydes is 1. The van der Waals surface area contributed by atoms with Crippen LogP contribution in [0, 0.1) is 11.3 Å². The first-order valence-electron chi connectivity index (χ1n) is 5.00. The Morgan fingerprint density at radius 2 is 2.36 bits per heavy atom. The van der Waals surface area contributed by atoms with Crippen LogP contribution in [0.5, 0.6) is 0 Å². The van der Waals surface area contributed by atoms with E-state index in [9.17, 15) is 4.79 Å². The molecule has 0 saturated heterocycles. The van der Waals surface area contributed by atoms with Gasteiger partial charge in [-0.25, -0.2) is 0 Å². The number of allylic oxidation sites excluding steroid dienone is 2. The Bertz CT molecular complexity index is 276. The van der Waals surface area contributed by atoms with Crippen molar-refractivity contribution in [1.29, 1.82) is 0 Å². The molecular weight excluding hydrogens is 174 g/mol. The van der Waals surface area contributed by atoms with Crippen LogP contribution in [0.3, 0.4) is 0 Å². The number of rotatable bonds is 3. The predicted molar refractivity (Wildman–Crippen MR) is 59.1 cm³/mol. The molecule has 78 valence electrons. The molecule has 0 aliphatic heterocycles. The fraction of sp³-hybridized carbons (Fsp3) is 0.583. The lowest BCUT2D eigenvalue weighted by Gasteiger charge is -2.35. The summed E-state index contributed by atoms with van der Waals surface area (Å²) in [6.07, 6.45) is 3.94. The fourth-order valence-electron chi connectivity index (χ4n) is 1.98. The quantitative estimate of drug-likeness (QED) is 0.548. The zero-order valence-corrected chi connectivity index (χ0v) is 9.26. The van der Waals surface area contributed by atoms with E-state index in [4.69, 9.17) is 0 Å². The minimum atomic E-state index is -0.0774. The van der Waals surface area contributed by atoms with Crippen LogP contribution in [0.25, 0.3) is 0 Å². The van der Waals surface area contributed by atoms with E-state index >= 15 is 0 Å². The summed E-state index contributed by atoms with van der Waals surface area (Å²) in [5, 5.41) is 3.14. The van der Waals surface area contributed by atoms with Gasteiger partial charge in [0.05, 0.1) is 5.92 Å². The molecule has 14 heavy (non-hydrogen) atoms. The summed E-state index contributed by atoms with van der Waals surface area (Å²) in [4.78, 5) is 10.8. The summed E-state index contributed by atoms with van der Waals surface area (Å²) in [7, 11) is 1.93. The first-order valence-corrected chi connectivity index (χ1v) is 5.00. The molecule has 1 aliphatic carbocycles. The third-order valence-corrected chi connectivity index (χ3v) is 2.90. The molecule has 0 aromatic heterocycles. The largest absolute Gasteiger partial charge is 0.316 e. The predicted octanol–water partition coefficient (Wildman–Crippen LogP) is 1.93. The van der Waals surface area contributed by atoms with E-state index in [0.717, 1.165) is 24.8 Å². The average Bonchev–Trinajstić information content (AvgIpc) is 2.09. The molecule has 0 aromatic rings. The van der Waals surface area contributed by atoms with Crippen molar-refractivity contribution in [2.75, 3.05) is 13.6 Å². The lowest BCUT2D eigenvalue weighted by molar-refractivity contribution is -0.109. The molecule has 1 rings (SSSR count). The SMILES string of the molecule is C=C1CC(C)(C)C(CNC)=CC1C=O. The van der Waals surface area contributed by atoms with Crippen LogP contribution >= 0.6 is 0 Å². The van der Waals surface area contributed by atoms with Crippen molar-refractivity contribution in [3.8, 4) is 0 Å². The fourth-order valence-corrected chi connectivity index (χ4v) is 1.98. The number of nitrogens with one attached hydrogen (secondary N) is 1. The molecule has 0 saturated carbocycles. The van der Waals surface area contributed by atoms with Crippen molar-refractivity contribution in [2.24, 2.45) is 11.3 Å². The topological polar surface area (TPSA) is 29.1 Å². The van der Waals surface area contributed by atoms with Gasteiger partial charge in [0.15, 0.2) is 0 Å². The van der Waals surface area contributed by atoms with Gasteiger partial charge in [0.2, 0.25) is 0 Å². The molecule has 1 atom stereocenters. The molecule has 0 bridgehead atoms. The van der Waals surface area contributed by atoms with Crippen LogP contribution in [0.4, 0.5) is 0 Å². The smallest absolute Gasteiger partial charge is 0.130 e. The average molecular weight is 193 g/mol. The molecule has 2 nitrogen and oxygen atoms in total. The highest BCUT2D eigenvalue weighted by molar-refractivity contribution is 5.63. The lowest BCUT2D eigenvalue weighted by Crippen LogP contribution is -2.29. The molecule has 0 radical (unpaired) electrons. The van der Waals surface area contributed by atoms with Crippen LogP contribution in [0.1, 0.15) is 20.3 Å². The van der Waals surface area contributed by atoms with Crippen molar-refractivity contribution >= 4 is 6.29 Å². The van der Waals surface area contributed by atoms with E-state index in [0.29, 0.717) is 0 Å². The molecule has 1 N–H and O–H groups in total. The summed E-state index contributed by atoms with van der Waals surface area (Å²) in [5.74, 6) is -0.0774. The molecule has 0 heterocycles. The van der Waals surface area contributed by atoms with Gasteiger partial charge in [-0.1, -0.05) is 37.6 Å². The number of hydrogen-bond acceptors (Lipinski definition) is 2. The molecule has 2 heteroatoms. The first-order chi connectivity index (χ1) is 6.51. The van der Waals surface area contributed by atoms with Crippen molar-refractivity contribution < 1.29 is 4.79 Å². The number of carbonyl (C=O) groups excluding carboxylic acids is 1. The molecule has 0 fully saturated rings. The van der Waals surface area contributed by atoms with E-state index in [1.165, 1.54) is 5.57 Å². The van der Waals surface area contributed by atoms with Gasteiger partial charge in [0.1, 0.15) is 6.29 Å². The molecule has 0 amide bonds. The zero-order chi connectivity index (χ0) is 10.8. The molecule has 0 aromatic carbocycles. The van der Waals surface area contributed by atoms with Gasteiger partial charge in [0.25, 0.3) is 0 Å². The highest BCUT2D eigenvalue weighted by atomic mass is 16.1. The van der Waals surface area contributed by atoms with Crippen LogP contribution in [-0.4, -0.2) is 19.9 Å². The highest BCUT2D eigenvalue weighted by Crippen LogP contribution is 2.40. The Hall–Kier alpha value is -0.890. The lowest BCUT2D eigenvalue weighted by atomic mass is 9.71. The molecule has 1 aliphatic rings. The van der Waals surface area contributed by atoms with Gasteiger partial charge in [-0.05, 0) is 18.9 Å². The minimum absolute atomic E-state index is 0.0774. The first kappa shape index (κ1) is 11.2. The van der Waals surface area contributed by atoms with E-state index in [1.807, 2.05) is 7.05 Å². The van der Waals surface area contributed by atoms with Crippen molar-refractivity contribution in [1.82, 2.24) is 5.32 Å². The summed E-state index contributed by atoms with van der Waals surface area (Å²) < 4.78 is 0. The Morgan fingerprint density at radius 3 is 2.86 bits per heavy atom. The Labute approximate surface area is 86.1 Å². The normalized spacial score (nSPS) is 25.8. The summed E-state index contributed by atoms with van der Waals surface area (Å²) in [6.45, 7) is 9.21. The molecular formula is C12H19NO. The zero-order valence-electron chi connectivity index (χ0n) is 9.26. The highest BCUT2D eigenvalue weighted by Gasteiger charge is 2.30. The van der Waals surface area contributed by atoms with Gasteiger partial charge in [-0.15, -0.1) is 0 Å². The van der Waals surface area contributed by atoms with Gasteiger partial charge < -0.3 is 10.1 Å². The summed E-state index contributed by atoms with van der Waals surface area (Å²) >= 11 is 0. The minimum Gasteiger partial charge on any atom is -0.316 e. The third-order valence-electron chi connectivity index (χ3n) is 2.90. The van der Waals surface area contributed by atoms with Gasteiger partial charge in [-0.2, -0.15) is 0 Å². The Kier molecular flexibility index (Phi) is 3.27. The van der Waals surface area contributed by atoms with Crippen LogP contribution in [-0.2, 0) is 4.79 Å². The molecule has 1 unspecified atom stereocenters. The monoisotopic (exact) mass is 193 g/mol. The van der Waals surface area contributed by atoms with E-state index in [1.54, 1.807) is 0 Å². The number of likely N-dealkylation sites (N-methyl/N-ethyl adjacent to an activating group) is 1. The van der Waals surface area contributed by atoms with E-state index in [2.05, 4.69) is 31.8 Å². The number of carbonyl (C=O) groups is 1. The van der Waals surface area contributed by atoms with Gasteiger partial charge in [0, 0.05) is 6.54 Å². The van der Waals surface area contributed by atoms with E-state index < -0.39 is 0 Å². The summed E-state index contributed by atoms with van der Waals surface area (Å²) in [6, 6.07) is 0. The van der Waals surface area contributed by atoms with Crippen molar-refractivity contribution in [3.05, 3.63) is 23.8 Å². The second kappa shape index (κ2) is 4.09. The maximum Gasteiger partial charge on any atom is 0.130 e. The van der Waals surface area contributed by atoms with Crippen LogP contribution < -0.4 is 5.32 Å². The third kappa shape index (κ3) is 2.13. The second-order valence-electron chi connectivity index (χ2n) is 4.60. The van der Waals surface area contributed by atoms with Gasteiger partial charge in [-0.3, -0.25) is 0 Å². The standard InChI is InChI=1S/C12H19NO/c1-9-6-12(2,3)11(7-13-4)5-10(9)8-14/h5,8,10,13H,1,6-7H2,2-4H3. The van der Waals surface area contributed by atoms with E-state index in [-0.39, 0.29) is 11.3 Å².